The summed E-state index contributed by atoms with van der Waals surface area (Å²) in [4.78, 5) is 20.7. The number of carbonyl (C=O) groups excluding carboxylic acids is 1. The number of hydrogen-bond acceptors (Lipinski definition) is 6. The van der Waals surface area contributed by atoms with E-state index < -0.39 is 0 Å². The number of unbranched alkanes of at least 4 members (excludes halogenated alkanes) is 1. The van der Waals surface area contributed by atoms with E-state index in [0.29, 0.717) is 12.2 Å². The second-order valence-corrected chi connectivity index (χ2v) is 10.1. The minimum Gasteiger partial charge on any atom is -0.321 e. The summed E-state index contributed by atoms with van der Waals surface area (Å²) in [7, 11) is 0. The fraction of sp³-hybridized carbons (Fsp3) is 0.423. The molecule has 2 heterocycles. The zero-order valence-electron chi connectivity index (χ0n) is 19.4. The van der Waals surface area contributed by atoms with Crippen LogP contribution in [-0.2, 0) is 5.54 Å². The average Bonchev–Trinajstić information content (AvgIpc) is 3.31. The van der Waals surface area contributed by atoms with Gasteiger partial charge in [-0.15, -0.1) is 5.10 Å². The van der Waals surface area contributed by atoms with Gasteiger partial charge in [-0.05, 0) is 69.1 Å². The lowest BCUT2D eigenvalue weighted by molar-refractivity contribution is 0.0978. The molecule has 6 nitrogen and oxygen atoms in total. The second kappa shape index (κ2) is 8.97. The monoisotopic (exact) mass is 461 g/mol. The van der Waals surface area contributed by atoms with Crippen LogP contribution in [0.3, 0.4) is 0 Å². The van der Waals surface area contributed by atoms with Gasteiger partial charge in [0.2, 0.25) is 4.96 Å². The lowest BCUT2D eigenvalue weighted by atomic mass is 10.0. The van der Waals surface area contributed by atoms with E-state index in [4.69, 9.17) is 15.8 Å². The Balaban J connectivity index is 1.29. The summed E-state index contributed by atoms with van der Waals surface area (Å²) >= 11 is 1.57. The Bertz CT molecular complexity index is 1280. The van der Waals surface area contributed by atoms with Crippen molar-refractivity contribution in [3.63, 3.8) is 0 Å². The Hall–Kier alpha value is -2.61. The lowest BCUT2D eigenvalue weighted by Gasteiger charge is -2.17. The summed E-state index contributed by atoms with van der Waals surface area (Å²) in [5, 5.41) is 4.74. The van der Waals surface area contributed by atoms with Crippen molar-refractivity contribution in [3.05, 3.63) is 53.6 Å². The molecule has 1 aliphatic carbocycles. The predicted molar refractivity (Wildman–Crippen MR) is 135 cm³/mol. The predicted octanol–water partition coefficient (Wildman–Crippen LogP) is 5.25. The lowest BCUT2D eigenvalue weighted by Crippen LogP contribution is -2.24. The van der Waals surface area contributed by atoms with Crippen LogP contribution in [0.25, 0.3) is 26.6 Å². The largest absolute Gasteiger partial charge is 0.321 e. The fourth-order valence-electron chi connectivity index (χ4n) is 4.37. The van der Waals surface area contributed by atoms with Crippen molar-refractivity contribution in [1.29, 1.82) is 0 Å². The van der Waals surface area contributed by atoms with E-state index >= 15 is 0 Å². The maximum Gasteiger partial charge on any atom is 0.213 e. The second-order valence-electron chi connectivity index (χ2n) is 9.06. The summed E-state index contributed by atoms with van der Waals surface area (Å²) in [5.41, 5.74) is 10.1. The number of hydrogen-bond donors (Lipinski definition) is 1. The number of nitrogens with zero attached hydrogens (tertiary/aromatic N) is 4. The molecule has 1 aliphatic rings. The number of carbonyl (C=O) groups is 1. The van der Waals surface area contributed by atoms with Crippen molar-refractivity contribution in [2.24, 2.45) is 5.73 Å². The molecule has 5 rings (SSSR count). The Morgan fingerprint density at radius 3 is 2.58 bits per heavy atom. The van der Waals surface area contributed by atoms with Gasteiger partial charge in [0.1, 0.15) is 0 Å². The molecule has 7 heteroatoms. The molecular weight excluding hydrogens is 430 g/mol. The van der Waals surface area contributed by atoms with Gasteiger partial charge in [-0.25, -0.2) is 4.52 Å². The summed E-state index contributed by atoms with van der Waals surface area (Å²) in [6.45, 7) is 7.55. The van der Waals surface area contributed by atoms with Crippen molar-refractivity contribution in [1.82, 2.24) is 19.5 Å². The maximum absolute atomic E-state index is 12.7. The van der Waals surface area contributed by atoms with Crippen LogP contribution >= 0.6 is 11.3 Å². The first-order valence-corrected chi connectivity index (χ1v) is 12.8. The first-order valence-electron chi connectivity index (χ1n) is 12.0. The van der Waals surface area contributed by atoms with Gasteiger partial charge >= 0.3 is 0 Å². The van der Waals surface area contributed by atoms with Crippen molar-refractivity contribution < 1.29 is 4.79 Å². The van der Waals surface area contributed by atoms with Gasteiger partial charge in [0, 0.05) is 23.1 Å². The third-order valence-electron chi connectivity index (χ3n) is 6.82. The third-order valence-corrected chi connectivity index (χ3v) is 7.81. The molecule has 0 atom stereocenters. The van der Waals surface area contributed by atoms with Gasteiger partial charge in [-0.3, -0.25) is 4.79 Å². The van der Waals surface area contributed by atoms with Crippen LogP contribution in [0.4, 0.5) is 0 Å². The first kappa shape index (κ1) is 22.2. The van der Waals surface area contributed by atoms with Crippen molar-refractivity contribution in [2.45, 2.75) is 51.5 Å². The molecule has 33 heavy (non-hydrogen) atoms. The third kappa shape index (κ3) is 4.45. The molecule has 0 aliphatic heterocycles. The molecule has 0 saturated heterocycles. The Morgan fingerprint density at radius 2 is 1.88 bits per heavy atom. The number of aromatic nitrogens is 3. The van der Waals surface area contributed by atoms with Gasteiger partial charge in [0.15, 0.2) is 11.6 Å². The molecule has 0 spiro atoms. The molecule has 1 fully saturated rings. The van der Waals surface area contributed by atoms with E-state index in [2.05, 4.69) is 43.0 Å². The standard InChI is InChI=1S/C26H31N5OS/c1-3-30(4-2)16-6-5-7-22(32)19-10-13-21-23(17-19)33-25-28-24(29-31(21)25)18-8-11-20(12-9-18)26(27)14-15-26/h8-13,17H,3-7,14-16,27H2,1-2H3. The van der Waals surface area contributed by atoms with E-state index in [0.717, 1.165) is 71.6 Å². The molecule has 172 valence electrons. The molecule has 1 saturated carbocycles. The van der Waals surface area contributed by atoms with E-state index in [9.17, 15) is 4.79 Å². The van der Waals surface area contributed by atoms with E-state index in [-0.39, 0.29) is 11.3 Å². The highest BCUT2D eigenvalue weighted by Crippen LogP contribution is 2.42. The number of ketones is 1. The molecule has 0 radical (unpaired) electrons. The molecule has 0 unspecified atom stereocenters. The Kier molecular flexibility index (Phi) is 6.03. The zero-order chi connectivity index (χ0) is 23.0. The van der Waals surface area contributed by atoms with Crippen LogP contribution in [0.2, 0.25) is 0 Å². The Morgan fingerprint density at radius 1 is 1.12 bits per heavy atom. The smallest absolute Gasteiger partial charge is 0.213 e. The maximum atomic E-state index is 12.7. The van der Waals surface area contributed by atoms with Gasteiger partial charge in [-0.2, -0.15) is 4.98 Å². The summed E-state index contributed by atoms with van der Waals surface area (Å²) in [6, 6.07) is 14.2. The highest BCUT2D eigenvalue weighted by molar-refractivity contribution is 7.23. The van der Waals surface area contributed by atoms with Gasteiger partial charge in [-0.1, -0.05) is 49.4 Å². The van der Waals surface area contributed by atoms with E-state index in [1.807, 2.05) is 22.7 Å². The number of Topliss-reactive ketones (excluding diaryl/α,β-unsaturated/α-hetero) is 1. The molecule has 4 aromatic rings. The van der Waals surface area contributed by atoms with Crippen LogP contribution < -0.4 is 5.73 Å². The van der Waals surface area contributed by atoms with Crippen molar-refractivity contribution in [2.75, 3.05) is 19.6 Å². The molecule has 2 N–H and O–H groups in total. The SMILES string of the molecule is CCN(CC)CCCCC(=O)c1ccc2c(c1)sc1nc(-c3ccc(C4(N)CC4)cc3)nn12. The number of fused-ring (bicyclic) bond motifs is 3. The van der Waals surface area contributed by atoms with Crippen molar-refractivity contribution in [3.8, 4) is 11.4 Å². The van der Waals surface area contributed by atoms with Gasteiger partial charge in [0.25, 0.3) is 0 Å². The van der Waals surface area contributed by atoms with Crippen LogP contribution in [0.15, 0.2) is 42.5 Å². The topological polar surface area (TPSA) is 76.5 Å². The van der Waals surface area contributed by atoms with Crippen molar-refractivity contribution >= 4 is 32.3 Å². The van der Waals surface area contributed by atoms with Crippen LogP contribution in [0.5, 0.6) is 0 Å². The van der Waals surface area contributed by atoms with Crippen LogP contribution in [-0.4, -0.2) is 44.9 Å². The minimum absolute atomic E-state index is 0.128. The number of nitrogens with two attached hydrogens (primary N) is 1. The highest BCUT2D eigenvalue weighted by Gasteiger charge is 2.39. The van der Waals surface area contributed by atoms with Gasteiger partial charge < -0.3 is 10.6 Å². The van der Waals surface area contributed by atoms with Crippen LogP contribution in [0.1, 0.15) is 61.9 Å². The number of benzene rings is 2. The number of rotatable bonds is 10. The van der Waals surface area contributed by atoms with E-state index in [1.165, 1.54) is 5.56 Å². The molecule has 2 aromatic heterocycles. The van der Waals surface area contributed by atoms with Crippen LogP contribution in [0, 0.1) is 0 Å². The number of thiazole rings is 1. The highest BCUT2D eigenvalue weighted by atomic mass is 32.1. The normalized spacial score (nSPS) is 15.0. The fourth-order valence-corrected chi connectivity index (χ4v) is 5.36. The summed E-state index contributed by atoms with van der Waals surface area (Å²) in [5.74, 6) is 0.925. The zero-order valence-corrected chi connectivity index (χ0v) is 20.2. The molecular formula is C26H31N5OS. The summed E-state index contributed by atoms with van der Waals surface area (Å²) < 4.78 is 2.92. The quantitative estimate of drug-likeness (QED) is 0.258. The minimum atomic E-state index is -0.128. The summed E-state index contributed by atoms with van der Waals surface area (Å²) in [6.07, 6.45) is 4.69. The molecule has 0 amide bonds. The average molecular weight is 462 g/mol. The Labute approximate surface area is 198 Å². The first-order chi connectivity index (χ1) is 16.0. The molecule has 0 bridgehead atoms. The van der Waals surface area contributed by atoms with Gasteiger partial charge in [0.05, 0.1) is 10.2 Å². The molecule has 2 aromatic carbocycles. The van der Waals surface area contributed by atoms with E-state index in [1.54, 1.807) is 11.3 Å².